The third-order valence-electron chi connectivity index (χ3n) is 5.55. The van der Waals surface area contributed by atoms with Gasteiger partial charge in [0.05, 0.1) is 24.4 Å². The Bertz CT molecular complexity index is 1100. The van der Waals surface area contributed by atoms with Gasteiger partial charge in [-0.2, -0.15) is 0 Å². The van der Waals surface area contributed by atoms with E-state index in [9.17, 15) is 13.2 Å². The zero-order chi connectivity index (χ0) is 23.3. The second-order valence-corrected chi connectivity index (χ2v) is 9.75. The van der Waals surface area contributed by atoms with E-state index in [1.165, 1.54) is 0 Å². The Morgan fingerprint density at radius 3 is 2.56 bits per heavy atom. The van der Waals surface area contributed by atoms with Crippen molar-refractivity contribution in [2.75, 3.05) is 32.1 Å². The van der Waals surface area contributed by atoms with Gasteiger partial charge >= 0.3 is 0 Å². The summed E-state index contributed by atoms with van der Waals surface area (Å²) in [4.78, 5) is 14.5. The summed E-state index contributed by atoms with van der Waals surface area (Å²) in [6.07, 6.45) is 1.11. The molecule has 2 N–H and O–H groups in total. The molecule has 1 aliphatic heterocycles. The van der Waals surface area contributed by atoms with E-state index in [0.717, 1.165) is 22.1 Å². The Balaban J connectivity index is 1.66. The van der Waals surface area contributed by atoms with Gasteiger partial charge in [0, 0.05) is 36.2 Å². The first-order valence-corrected chi connectivity index (χ1v) is 12.3. The number of benzene rings is 2. The van der Waals surface area contributed by atoms with Crippen LogP contribution in [-0.4, -0.2) is 52.0 Å². The van der Waals surface area contributed by atoms with Crippen molar-refractivity contribution in [3.05, 3.63) is 59.0 Å². The van der Waals surface area contributed by atoms with Crippen molar-refractivity contribution in [1.29, 1.82) is 0 Å². The lowest BCUT2D eigenvalue weighted by Crippen LogP contribution is -2.47. The lowest BCUT2D eigenvalue weighted by molar-refractivity contribution is -0.130. The number of nitrogens with one attached hydrogen (secondary N) is 2. The number of nitrogens with zero attached hydrogens (tertiary/aromatic N) is 1. The maximum Gasteiger partial charge on any atom is 0.241 e. The van der Waals surface area contributed by atoms with Gasteiger partial charge in [0.1, 0.15) is 5.75 Å². The topological polar surface area (TPSA) is 87.7 Å². The third-order valence-corrected chi connectivity index (χ3v) is 6.97. The average molecular weight is 478 g/mol. The number of hydrogen-bond acceptors (Lipinski definition) is 5. The van der Waals surface area contributed by atoms with Crippen molar-refractivity contribution in [2.45, 2.75) is 25.8 Å². The van der Waals surface area contributed by atoms with Gasteiger partial charge in [-0.05, 0) is 37.0 Å². The molecule has 0 radical (unpaired) electrons. The number of carbonyl (C=O) groups excluding carboxylic acids is 1. The average Bonchev–Trinajstić information content (AvgIpc) is 2.78. The molecule has 2 aromatic carbocycles. The molecule has 1 heterocycles. The fourth-order valence-corrected chi connectivity index (χ4v) is 4.81. The lowest BCUT2D eigenvalue weighted by atomic mass is 10.00. The number of hydrogen-bond donors (Lipinski definition) is 2. The fraction of sp³-hybridized carbons (Fsp3) is 0.348. The molecule has 0 aromatic heterocycles. The van der Waals surface area contributed by atoms with E-state index in [-0.39, 0.29) is 18.5 Å². The molecule has 2 aromatic rings. The van der Waals surface area contributed by atoms with E-state index in [0.29, 0.717) is 42.4 Å². The number of carbonyl (C=O) groups is 1. The monoisotopic (exact) mass is 477 g/mol. The molecule has 7 nitrogen and oxygen atoms in total. The molecule has 9 heteroatoms. The van der Waals surface area contributed by atoms with Crippen LogP contribution in [0.4, 0.5) is 5.69 Å². The highest BCUT2D eigenvalue weighted by atomic mass is 35.5. The standard InChI is InChI=1S/C23H28ClN3O4S/c1-4-32(29,30)26-17-9-11-27(12-10-17)23(28)15-25-21-13-19(20(24)14-22(21)31-3)18-8-6-5-7-16(18)2/h4-8,13-14,17,25-26H,1,9-12,15H2,2-3H3. The van der Waals surface area contributed by atoms with Crippen LogP contribution in [0.25, 0.3) is 11.1 Å². The van der Waals surface area contributed by atoms with Gasteiger partial charge in [0.15, 0.2) is 0 Å². The summed E-state index contributed by atoms with van der Waals surface area (Å²) in [7, 11) is -1.91. The summed E-state index contributed by atoms with van der Waals surface area (Å²) in [5, 5.41) is 4.65. The normalized spacial score (nSPS) is 14.8. The molecule has 0 atom stereocenters. The summed E-state index contributed by atoms with van der Waals surface area (Å²) in [6.45, 7) is 6.38. The van der Waals surface area contributed by atoms with Crippen LogP contribution < -0.4 is 14.8 Å². The Morgan fingerprint density at radius 1 is 1.25 bits per heavy atom. The van der Waals surface area contributed by atoms with E-state index in [1.54, 1.807) is 18.1 Å². The van der Waals surface area contributed by atoms with Crippen molar-refractivity contribution < 1.29 is 17.9 Å². The summed E-state index contributed by atoms with van der Waals surface area (Å²) in [6, 6.07) is 11.4. The first kappa shape index (κ1) is 24.1. The van der Waals surface area contributed by atoms with Crippen molar-refractivity contribution in [3.8, 4) is 16.9 Å². The van der Waals surface area contributed by atoms with E-state index in [1.807, 2.05) is 37.3 Å². The Hall–Kier alpha value is -2.55. The number of likely N-dealkylation sites (tertiary alicyclic amines) is 1. The first-order valence-electron chi connectivity index (χ1n) is 10.3. The Labute approximate surface area is 194 Å². The summed E-state index contributed by atoms with van der Waals surface area (Å²) >= 11 is 6.50. The molecule has 0 aliphatic carbocycles. The predicted molar refractivity (Wildman–Crippen MR) is 129 cm³/mol. The number of sulfonamides is 1. The van der Waals surface area contributed by atoms with Gasteiger partial charge in [-0.15, -0.1) is 0 Å². The van der Waals surface area contributed by atoms with Crippen molar-refractivity contribution in [2.24, 2.45) is 0 Å². The molecule has 1 aliphatic rings. The first-order chi connectivity index (χ1) is 15.2. The van der Waals surface area contributed by atoms with Gasteiger partial charge < -0.3 is 15.0 Å². The minimum atomic E-state index is -3.47. The molecule has 172 valence electrons. The second-order valence-electron chi connectivity index (χ2n) is 7.69. The van der Waals surface area contributed by atoms with Crippen molar-refractivity contribution >= 4 is 33.2 Å². The number of rotatable bonds is 8. The maximum atomic E-state index is 12.7. The number of anilines is 1. The highest BCUT2D eigenvalue weighted by molar-refractivity contribution is 7.92. The van der Waals surface area contributed by atoms with Crippen LogP contribution in [0.1, 0.15) is 18.4 Å². The number of halogens is 1. The molecule has 0 unspecified atom stereocenters. The third kappa shape index (κ3) is 5.82. The van der Waals surface area contributed by atoms with E-state index in [4.69, 9.17) is 16.3 Å². The van der Waals surface area contributed by atoms with Crippen LogP contribution >= 0.6 is 11.6 Å². The van der Waals surface area contributed by atoms with Crippen LogP contribution in [0.5, 0.6) is 5.75 Å². The minimum Gasteiger partial charge on any atom is -0.495 e. The van der Waals surface area contributed by atoms with Gasteiger partial charge in [0.25, 0.3) is 0 Å². The molecule has 1 amide bonds. The van der Waals surface area contributed by atoms with Gasteiger partial charge in [-0.1, -0.05) is 42.4 Å². The lowest BCUT2D eigenvalue weighted by Gasteiger charge is -2.32. The largest absolute Gasteiger partial charge is 0.495 e. The summed E-state index contributed by atoms with van der Waals surface area (Å²) < 4.78 is 31.3. The zero-order valence-electron chi connectivity index (χ0n) is 18.2. The number of amides is 1. The summed E-state index contributed by atoms with van der Waals surface area (Å²) in [5.74, 6) is 0.488. The molecule has 1 fully saturated rings. The SMILES string of the molecule is C=CS(=O)(=O)NC1CCN(C(=O)CNc2cc(-c3ccccc3C)c(Cl)cc2OC)CC1. The Kier molecular flexibility index (Phi) is 7.82. The van der Waals surface area contributed by atoms with E-state index in [2.05, 4.69) is 16.6 Å². The fourth-order valence-electron chi connectivity index (χ4n) is 3.75. The maximum absolute atomic E-state index is 12.7. The molecule has 0 saturated carbocycles. The molecule has 3 rings (SSSR count). The van der Waals surface area contributed by atoms with Crippen LogP contribution in [0.2, 0.25) is 5.02 Å². The van der Waals surface area contributed by atoms with Crippen LogP contribution in [0, 0.1) is 6.92 Å². The van der Waals surface area contributed by atoms with E-state index < -0.39 is 10.0 Å². The highest BCUT2D eigenvalue weighted by Gasteiger charge is 2.25. The Morgan fingerprint density at radius 2 is 1.94 bits per heavy atom. The molecule has 0 bridgehead atoms. The zero-order valence-corrected chi connectivity index (χ0v) is 19.8. The van der Waals surface area contributed by atoms with Crippen LogP contribution in [0.3, 0.4) is 0 Å². The van der Waals surface area contributed by atoms with Gasteiger partial charge in [-0.3, -0.25) is 4.79 Å². The van der Waals surface area contributed by atoms with Gasteiger partial charge in [-0.25, -0.2) is 13.1 Å². The van der Waals surface area contributed by atoms with E-state index >= 15 is 0 Å². The number of aryl methyl sites for hydroxylation is 1. The van der Waals surface area contributed by atoms with Crippen molar-refractivity contribution in [3.63, 3.8) is 0 Å². The second kappa shape index (κ2) is 10.4. The predicted octanol–water partition coefficient (Wildman–Crippen LogP) is 3.79. The smallest absolute Gasteiger partial charge is 0.241 e. The number of ether oxygens (including phenoxy) is 1. The highest BCUT2D eigenvalue weighted by Crippen LogP contribution is 2.38. The number of methoxy groups -OCH3 is 1. The number of piperidine rings is 1. The summed E-state index contributed by atoms with van der Waals surface area (Å²) in [5.41, 5.74) is 3.64. The molecule has 0 spiro atoms. The van der Waals surface area contributed by atoms with Crippen molar-refractivity contribution in [1.82, 2.24) is 9.62 Å². The quantitative estimate of drug-likeness (QED) is 0.604. The van der Waals surface area contributed by atoms with Crippen LogP contribution in [-0.2, 0) is 14.8 Å². The minimum absolute atomic E-state index is 0.0653. The molecular formula is C23H28ClN3O4S. The molecule has 32 heavy (non-hydrogen) atoms. The molecular weight excluding hydrogens is 450 g/mol. The van der Waals surface area contributed by atoms with Gasteiger partial charge in [0.2, 0.25) is 15.9 Å². The van der Waals surface area contributed by atoms with Crippen LogP contribution in [0.15, 0.2) is 48.4 Å². The molecule has 1 saturated heterocycles.